The summed E-state index contributed by atoms with van der Waals surface area (Å²) in [6, 6.07) is 64.6. The number of fused-ring (bicyclic) bond motifs is 6. The molecule has 0 radical (unpaired) electrons. The number of pyridine rings is 4. The van der Waals surface area contributed by atoms with Crippen molar-refractivity contribution < 1.29 is 158 Å². The predicted molar refractivity (Wildman–Crippen MR) is 355 cm³/mol. The van der Waals surface area contributed by atoms with Crippen LogP contribution >= 0.6 is 0 Å². The van der Waals surface area contributed by atoms with Gasteiger partial charge < -0.3 is 59.4 Å². The topological polar surface area (TPSA) is 292 Å². The van der Waals surface area contributed by atoms with Crippen LogP contribution in [0.5, 0.6) is 0 Å². The largest absolute Gasteiger partial charge is 3.00 e. The summed E-state index contributed by atoms with van der Waals surface area (Å²) >= 11 is 0. The van der Waals surface area contributed by atoms with Gasteiger partial charge in [0.25, 0.3) is 0 Å². The van der Waals surface area contributed by atoms with Crippen molar-refractivity contribution in [2.24, 2.45) is 0 Å². The molecule has 4 heterocycles. The second-order valence-electron chi connectivity index (χ2n) is 20.5. The fourth-order valence-corrected chi connectivity index (χ4v) is 8.62. The summed E-state index contributed by atoms with van der Waals surface area (Å²) in [7, 11) is 0. The van der Waals surface area contributed by atoms with E-state index >= 15 is 0 Å². The number of carboxylic acid groups (broad SMARTS) is 6. The molecule has 4 aromatic heterocycles. The van der Waals surface area contributed by atoms with Gasteiger partial charge in [0.1, 0.15) is 0 Å². The molecule has 16 nitrogen and oxygen atoms in total. The van der Waals surface area contributed by atoms with E-state index in [-0.39, 0.29) is 132 Å². The van der Waals surface area contributed by atoms with E-state index in [1.165, 1.54) is 0 Å². The molecule has 0 saturated heterocycles. The van der Waals surface area contributed by atoms with Crippen molar-refractivity contribution in [1.29, 1.82) is 0 Å². The van der Waals surface area contributed by atoms with E-state index in [1.54, 1.807) is 170 Å². The van der Waals surface area contributed by atoms with Crippen LogP contribution < -0.4 is 30.6 Å². The number of carbonyl (C=O) groups is 6. The molecule has 0 atom stereocenters. The Bertz CT molecular complexity index is 3720. The van der Waals surface area contributed by atoms with Crippen molar-refractivity contribution in [2.75, 3.05) is 0 Å². The number of carboxylic acids is 6. The van der Waals surface area contributed by atoms with Gasteiger partial charge in [-0.3, -0.25) is 19.9 Å². The molecular formula is C78H70Eu2N4O12. The zero-order valence-corrected chi connectivity index (χ0v) is 58.6. The minimum atomic E-state index is -1.12. The molecule has 488 valence electrons. The number of benzene rings is 8. The summed E-state index contributed by atoms with van der Waals surface area (Å²) in [5, 5.41) is 66.3. The normalized spacial score (nSPS) is 9.73. The van der Waals surface area contributed by atoms with Gasteiger partial charge >= 0.3 is 98.8 Å². The molecule has 96 heavy (non-hydrogen) atoms. The minimum Gasteiger partial charge on any atom is -0.545 e. The Balaban J connectivity index is 0.000000286. The molecule has 0 N–H and O–H groups in total. The molecule has 0 unspecified atom stereocenters. The van der Waals surface area contributed by atoms with Gasteiger partial charge in [-0.05, 0) is 130 Å². The molecule has 18 heteroatoms. The van der Waals surface area contributed by atoms with Gasteiger partial charge in [-0.1, -0.05) is 236 Å². The minimum absolute atomic E-state index is 0. The molecule has 8 aromatic carbocycles. The van der Waals surface area contributed by atoms with E-state index in [1.807, 2.05) is 65.8 Å². The Morgan fingerprint density at radius 3 is 0.479 bits per heavy atom. The van der Waals surface area contributed by atoms with Gasteiger partial charge in [-0.25, -0.2) is 0 Å². The van der Waals surface area contributed by atoms with Crippen molar-refractivity contribution in [3.8, 4) is 0 Å². The summed E-state index contributed by atoms with van der Waals surface area (Å²) in [4.78, 5) is 79.1. The van der Waals surface area contributed by atoms with E-state index in [4.69, 9.17) is 0 Å². The average Bonchev–Trinajstić information content (AvgIpc) is 0.811. The molecule has 0 amide bonds. The Labute approximate surface area is 640 Å². The van der Waals surface area contributed by atoms with E-state index in [9.17, 15) is 59.4 Å². The number of nitrogens with zero attached hydrogens (tertiary/aromatic N) is 4. The second kappa shape index (κ2) is 44.2. The van der Waals surface area contributed by atoms with E-state index in [2.05, 4.69) is 68.5 Å². The first-order valence-corrected chi connectivity index (χ1v) is 30.3. The maximum atomic E-state index is 10.3. The molecule has 12 rings (SSSR count). The number of aromatic nitrogens is 4. The van der Waals surface area contributed by atoms with Gasteiger partial charge in [0.2, 0.25) is 0 Å². The van der Waals surface area contributed by atoms with Gasteiger partial charge in [0.05, 0.1) is 57.9 Å². The Morgan fingerprint density at radius 1 is 0.229 bits per heavy atom. The van der Waals surface area contributed by atoms with Crippen LogP contribution in [0, 0.1) is 98.8 Å². The molecule has 0 aliphatic rings. The monoisotopic (exact) mass is 1560 g/mol. The quantitative estimate of drug-likeness (QED) is 0.103. The molecule has 0 spiro atoms. The van der Waals surface area contributed by atoms with Crippen LogP contribution in [0.15, 0.2) is 243 Å². The maximum Gasteiger partial charge on any atom is 3.00 e. The summed E-state index contributed by atoms with van der Waals surface area (Å²) in [6.07, 6.45) is 12.8. The molecule has 0 bridgehead atoms. The van der Waals surface area contributed by atoms with E-state index in [0.717, 1.165) is 116 Å². The zero-order valence-electron chi connectivity index (χ0n) is 53.8. The van der Waals surface area contributed by atoms with Gasteiger partial charge in [0.15, 0.2) is 0 Å². The van der Waals surface area contributed by atoms with Crippen LogP contribution in [0.1, 0.15) is 137 Å². The number of aromatic carboxylic acids is 6. The number of rotatable bonds is 12. The van der Waals surface area contributed by atoms with Crippen LogP contribution in [0.25, 0.3) is 43.6 Å². The van der Waals surface area contributed by atoms with Crippen molar-refractivity contribution >= 4 is 79.4 Å². The second-order valence-corrected chi connectivity index (χ2v) is 20.5. The van der Waals surface area contributed by atoms with Crippen LogP contribution in [0.4, 0.5) is 0 Å². The molecule has 0 aliphatic carbocycles. The fraction of sp³-hybridized carbons (Fsp3) is 0.154. The first kappa shape index (κ1) is 81.6. The summed E-state index contributed by atoms with van der Waals surface area (Å²) in [6.45, 7) is 12.1. The molecule has 0 aliphatic heterocycles. The Hall–Kier alpha value is -8.61. The Morgan fingerprint density at radius 2 is 0.365 bits per heavy atom. The third kappa shape index (κ3) is 27.2. The summed E-state index contributed by atoms with van der Waals surface area (Å²) in [5.41, 5.74) is 12.1. The number of hydrogen-bond acceptors (Lipinski definition) is 16. The summed E-state index contributed by atoms with van der Waals surface area (Å²) in [5.74, 6) is -6.71. The molecule has 12 aromatic rings. The van der Waals surface area contributed by atoms with Crippen LogP contribution in [-0.2, 0) is 38.5 Å². The SMILES string of the molecule is CCc1ccc(C(=O)[O-])cc1.CCc1ccc(C(=O)[O-])cc1.CCc1ccc(C(=O)[O-])cc1.CCc1ccc(C(=O)[O-])cc1.CCc1ccc(C(=O)[O-])cc1.CCc1ccc(C(=O)[O-])cc1.[Eu+3].[Eu+3].c1cnc2c(c1)ccc1cccnc12.c1cnc2c(c1)ccc1cccnc12. The standard InChI is InChI=1S/2C12H8N2.6C9H10O2.2Eu/c2*1-3-9-5-6-10-4-2-8-14-12(10)11(9)13-7-1;6*1-2-7-3-5-8(6-4-7)9(10)11;;/h2*1-8H;6*3-6H,2H2,1H3,(H,10,11);;/q;;;;;;;;2*+3/p-6. The smallest absolute Gasteiger partial charge is 0.545 e. The van der Waals surface area contributed by atoms with E-state index in [0.29, 0.717) is 0 Å². The Kier molecular flexibility index (Phi) is 37.6. The molecule has 0 saturated carbocycles. The fourth-order valence-electron chi connectivity index (χ4n) is 8.62. The van der Waals surface area contributed by atoms with Crippen molar-refractivity contribution in [1.82, 2.24) is 19.9 Å². The maximum absolute atomic E-state index is 10.3. The van der Waals surface area contributed by atoms with Crippen molar-refractivity contribution in [3.63, 3.8) is 0 Å². The van der Waals surface area contributed by atoms with Gasteiger partial charge in [-0.2, -0.15) is 0 Å². The van der Waals surface area contributed by atoms with E-state index < -0.39 is 35.8 Å². The molecule has 0 fully saturated rings. The third-order valence-electron chi connectivity index (χ3n) is 14.3. The first-order valence-electron chi connectivity index (χ1n) is 30.3. The number of hydrogen-bond donors (Lipinski definition) is 0. The van der Waals surface area contributed by atoms with Crippen molar-refractivity contribution in [2.45, 2.75) is 80.1 Å². The van der Waals surface area contributed by atoms with Gasteiger partial charge in [0, 0.05) is 46.3 Å². The number of carbonyl (C=O) groups excluding carboxylic acids is 6. The van der Waals surface area contributed by atoms with Gasteiger partial charge in [-0.15, -0.1) is 0 Å². The predicted octanol–water partition coefficient (Wildman–Crippen LogP) is 9.24. The average molecular weight is 1560 g/mol. The number of aryl methyl sites for hydroxylation is 6. The zero-order chi connectivity index (χ0) is 68.4. The summed E-state index contributed by atoms with van der Waals surface area (Å²) < 4.78 is 0. The first-order chi connectivity index (χ1) is 45.3. The van der Waals surface area contributed by atoms with Crippen LogP contribution in [0.2, 0.25) is 0 Å². The van der Waals surface area contributed by atoms with Crippen LogP contribution in [0.3, 0.4) is 0 Å². The van der Waals surface area contributed by atoms with Crippen molar-refractivity contribution in [3.05, 3.63) is 310 Å². The van der Waals surface area contributed by atoms with Crippen LogP contribution in [-0.4, -0.2) is 55.8 Å². The molecular weight excluding hydrogens is 1490 g/mol. The third-order valence-corrected chi connectivity index (χ3v) is 14.3.